The van der Waals surface area contributed by atoms with Crippen molar-refractivity contribution in [2.45, 2.75) is 78.7 Å². The van der Waals surface area contributed by atoms with E-state index in [4.69, 9.17) is 0 Å². The highest BCUT2D eigenvalue weighted by Gasteiger charge is 2.24. The molecule has 0 saturated carbocycles. The molecular formula is C16H30INO2. The smallest absolute Gasteiger partial charge is 0.220 e. The second kappa shape index (κ2) is 9.00. The first-order valence-corrected chi connectivity index (χ1v) is 9.03. The number of Topliss-reactive ketones (excluding diaryl/α,β-unsaturated/α-hetero) is 1. The number of hydrogen-bond donors (Lipinski definition) is 1. The van der Waals surface area contributed by atoms with Crippen molar-refractivity contribution in [3.63, 3.8) is 0 Å². The topological polar surface area (TPSA) is 46.2 Å². The van der Waals surface area contributed by atoms with Crippen LogP contribution in [0.2, 0.25) is 0 Å². The number of amides is 1. The molecule has 0 aromatic heterocycles. The SMILES string of the molecule is CCCC(=O)NC(C)(C)CCCC(C)(C)CC(=O)CI. The Bertz CT molecular complexity index is 324. The Hall–Kier alpha value is -0.130. The van der Waals surface area contributed by atoms with Crippen LogP contribution in [0.5, 0.6) is 0 Å². The fourth-order valence-electron chi connectivity index (χ4n) is 2.41. The summed E-state index contributed by atoms with van der Waals surface area (Å²) in [6.45, 7) is 10.5. The number of carbonyl (C=O) groups is 2. The molecule has 0 aliphatic heterocycles. The van der Waals surface area contributed by atoms with Crippen LogP contribution in [-0.4, -0.2) is 21.7 Å². The third kappa shape index (κ3) is 9.72. The van der Waals surface area contributed by atoms with Crippen LogP contribution < -0.4 is 5.32 Å². The van der Waals surface area contributed by atoms with E-state index in [0.29, 0.717) is 23.1 Å². The number of ketones is 1. The molecule has 0 rings (SSSR count). The highest BCUT2D eigenvalue weighted by atomic mass is 127. The average Bonchev–Trinajstić information content (AvgIpc) is 2.26. The Morgan fingerprint density at radius 1 is 1.10 bits per heavy atom. The van der Waals surface area contributed by atoms with E-state index in [1.165, 1.54) is 0 Å². The van der Waals surface area contributed by atoms with Gasteiger partial charge in [0.05, 0.1) is 4.43 Å². The van der Waals surface area contributed by atoms with E-state index in [0.717, 1.165) is 25.7 Å². The molecule has 3 nitrogen and oxygen atoms in total. The summed E-state index contributed by atoms with van der Waals surface area (Å²) in [5, 5.41) is 3.09. The molecule has 0 spiro atoms. The minimum Gasteiger partial charge on any atom is -0.351 e. The van der Waals surface area contributed by atoms with Crippen molar-refractivity contribution in [3.05, 3.63) is 0 Å². The molecule has 0 saturated heterocycles. The lowest BCUT2D eigenvalue weighted by Crippen LogP contribution is -2.43. The first-order valence-electron chi connectivity index (χ1n) is 7.50. The molecule has 20 heavy (non-hydrogen) atoms. The van der Waals surface area contributed by atoms with Crippen LogP contribution in [0.1, 0.15) is 73.1 Å². The van der Waals surface area contributed by atoms with Crippen LogP contribution in [0, 0.1) is 5.41 Å². The van der Waals surface area contributed by atoms with Crippen molar-refractivity contribution in [1.29, 1.82) is 0 Å². The molecule has 1 amide bonds. The van der Waals surface area contributed by atoms with Crippen molar-refractivity contribution in [1.82, 2.24) is 5.32 Å². The Balaban J connectivity index is 4.14. The summed E-state index contributed by atoms with van der Waals surface area (Å²) < 4.78 is 0.597. The van der Waals surface area contributed by atoms with Crippen LogP contribution in [0.15, 0.2) is 0 Å². The van der Waals surface area contributed by atoms with E-state index in [2.05, 4.69) is 55.6 Å². The number of carbonyl (C=O) groups excluding carboxylic acids is 2. The van der Waals surface area contributed by atoms with E-state index < -0.39 is 0 Å². The number of halogens is 1. The van der Waals surface area contributed by atoms with Crippen LogP contribution in [0.25, 0.3) is 0 Å². The predicted octanol–water partition coefficient (Wildman–Crippen LogP) is 4.27. The molecule has 118 valence electrons. The second-order valence-corrected chi connectivity index (χ2v) is 7.81. The zero-order chi connectivity index (χ0) is 15.8. The zero-order valence-corrected chi connectivity index (χ0v) is 15.8. The lowest BCUT2D eigenvalue weighted by atomic mass is 9.81. The van der Waals surface area contributed by atoms with Crippen LogP contribution in [0.3, 0.4) is 0 Å². The maximum absolute atomic E-state index is 11.6. The molecule has 0 unspecified atom stereocenters. The molecule has 4 heteroatoms. The van der Waals surface area contributed by atoms with Gasteiger partial charge in [-0.05, 0) is 38.5 Å². The summed E-state index contributed by atoms with van der Waals surface area (Å²) in [5.41, 5.74) is -0.0959. The summed E-state index contributed by atoms with van der Waals surface area (Å²) in [7, 11) is 0. The first-order chi connectivity index (χ1) is 9.12. The van der Waals surface area contributed by atoms with E-state index in [1.807, 2.05) is 6.92 Å². The highest BCUT2D eigenvalue weighted by molar-refractivity contribution is 14.1. The number of rotatable bonds is 10. The number of hydrogen-bond acceptors (Lipinski definition) is 2. The van der Waals surface area contributed by atoms with E-state index >= 15 is 0 Å². The van der Waals surface area contributed by atoms with Gasteiger partial charge in [0, 0.05) is 18.4 Å². The monoisotopic (exact) mass is 395 g/mol. The molecule has 0 aromatic rings. The third-order valence-electron chi connectivity index (χ3n) is 3.43. The second-order valence-electron chi connectivity index (χ2n) is 7.05. The van der Waals surface area contributed by atoms with Crippen LogP contribution in [-0.2, 0) is 9.59 Å². The van der Waals surface area contributed by atoms with Crippen molar-refractivity contribution in [2.24, 2.45) is 5.41 Å². The van der Waals surface area contributed by atoms with Crippen molar-refractivity contribution < 1.29 is 9.59 Å². The molecular weight excluding hydrogens is 365 g/mol. The van der Waals surface area contributed by atoms with Gasteiger partial charge >= 0.3 is 0 Å². The first kappa shape index (κ1) is 19.9. The fourth-order valence-corrected chi connectivity index (χ4v) is 2.68. The van der Waals surface area contributed by atoms with Crippen molar-refractivity contribution in [3.8, 4) is 0 Å². The molecule has 0 aliphatic rings. The third-order valence-corrected chi connectivity index (χ3v) is 4.29. The summed E-state index contributed by atoms with van der Waals surface area (Å²) in [6.07, 6.45) is 5.12. The summed E-state index contributed by atoms with van der Waals surface area (Å²) in [4.78, 5) is 23.2. The molecule has 0 radical (unpaired) electrons. The standard InChI is InChI=1S/C16H30INO2/c1-6-8-14(20)18-16(4,5)10-7-9-15(2,3)11-13(19)12-17/h6-12H2,1-5H3,(H,18,20). The van der Waals surface area contributed by atoms with Gasteiger partial charge in [-0.15, -0.1) is 0 Å². The van der Waals surface area contributed by atoms with Gasteiger partial charge in [-0.1, -0.05) is 49.8 Å². The van der Waals surface area contributed by atoms with Crippen molar-refractivity contribution >= 4 is 34.3 Å². The van der Waals surface area contributed by atoms with Gasteiger partial charge in [-0.3, -0.25) is 9.59 Å². The largest absolute Gasteiger partial charge is 0.351 e. The van der Waals surface area contributed by atoms with Gasteiger partial charge in [0.15, 0.2) is 0 Å². The molecule has 0 heterocycles. The normalized spacial score (nSPS) is 12.3. The molecule has 0 fully saturated rings. The molecule has 0 aromatic carbocycles. The maximum Gasteiger partial charge on any atom is 0.220 e. The fraction of sp³-hybridized carbons (Fsp3) is 0.875. The number of nitrogens with one attached hydrogen (secondary N) is 1. The van der Waals surface area contributed by atoms with Crippen LogP contribution >= 0.6 is 22.6 Å². The Kier molecular flexibility index (Phi) is 8.95. The Morgan fingerprint density at radius 2 is 1.70 bits per heavy atom. The zero-order valence-electron chi connectivity index (χ0n) is 13.6. The molecule has 1 N–H and O–H groups in total. The lowest BCUT2D eigenvalue weighted by molar-refractivity contribution is -0.122. The van der Waals surface area contributed by atoms with E-state index in [1.54, 1.807) is 0 Å². The molecule has 0 bridgehead atoms. The van der Waals surface area contributed by atoms with Crippen molar-refractivity contribution in [2.75, 3.05) is 4.43 Å². The maximum atomic E-state index is 11.6. The van der Waals surface area contributed by atoms with Gasteiger partial charge in [0.25, 0.3) is 0 Å². The Morgan fingerprint density at radius 3 is 2.20 bits per heavy atom. The highest BCUT2D eigenvalue weighted by Crippen LogP contribution is 2.29. The van der Waals surface area contributed by atoms with Gasteiger partial charge in [0.1, 0.15) is 5.78 Å². The van der Waals surface area contributed by atoms with Crippen LogP contribution in [0.4, 0.5) is 0 Å². The molecule has 0 aliphatic carbocycles. The summed E-state index contributed by atoms with van der Waals surface area (Å²) in [5.74, 6) is 0.461. The van der Waals surface area contributed by atoms with Gasteiger partial charge in [-0.2, -0.15) is 0 Å². The average molecular weight is 395 g/mol. The lowest BCUT2D eigenvalue weighted by Gasteiger charge is -2.29. The number of alkyl halides is 1. The Labute approximate surface area is 137 Å². The van der Waals surface area contributed by atoms with Gasteiger partial charge < -0.3 is 5.32 Å². The quantitative estimate of drug-likeness (QED) is 0.444. The van der Waals surface area contributed by atoms with Gasteiger partial charge in [-0.25, -0.2) is 0 Å². The van der Waals surface area contributed by atoms with E-state index in [-0.39, 0.29) is 16.9 Å². The van der Waals surface area contributed by atoms with Gasteiger partial charge in [0.2, 0.25) is 5.91 Å². The summed E-state index contributed by atoms with van der Waals surface area (Å²) >= 11 is 2.13. The minimum absolute atomic E-state index is 0.0613. The van der Waals surface area contributed by atoms with E-state index in [9.17, 15) is 9.59 Å². The minimum atomic E-state index is -0.157. The summed E-state index contributed by atoms with van der Waals surface area (Å²) in [6, 6.07) is 0. The predicted molar refractivity (Wildman–Crippen MR) is 93.3 cm³/mol. The molecule has 0 atom stereocenters.